The third-order valence-corrected chi connectivity index (χ3v) is 3.80. The highest BCUT2D eigenvalue weighted by molar-refractivity contribution is 9.10. The summed E-state index contributed by atoms with van der Waals surface area (Å²) in [6, 6.07) is 7.87. The molecule has 5 nitrogen and oxygen atoms in total. The van der Waals surface area contributed by atoms with Crippen LogP contribution >= 0.6 is 27.3 Å². The molecule has 0 fully saturated rings. The molecule has 0 saturated carbocycles. The van der Waals surface area contributed by atoms with Crippen LogP contribution in [0.4, 0.5) is 5.13 Å². The Bertz CT molecular complexity index is 688. The molecule has 7 heteroatoms. The highest BCUT2D eigenvalue weighted by atomic mass is 79.9. The zero-order valence-electron chi connectivity index (χ0n) is 9.80. The molecule has 3 N–H and O–H groups in total. The van der Waals surface area contributed by atoms with Gasteiger partial charge in [-0.15, -0.1) is 11.3 Å². The fraction of sp³-hybridized carbons (Fsp3) is 0.0833. The van der Waals surface area contributed by atoms with E-state index in [-0.39, 0.29) is 0 Å². The molecule has 0 radical (unpaired) electrons. The number of anilines is 1. The molecule has 96 valence electrons. The van der Waals surface area contributed by atoms with Crippen LogP contribution in [0.25, 0.3) is 11.4 Å². The van der Waals surface area contributed by atoms with E-state index in [4.69, 9.17) is 5.73 Å². The summed E-state index contributed by atoms with van der Waals surface area (Å²) in [5.41, 5.74) is 7.48. The van der Waals surface area contributed by atoms with Crippen molar-refractivity contribution >= 4 is 32.4 Å². The lowest BCUT2D eigenvalue weighted by atomic mass is 10.2. The quantitative estimate of drug-likeness (QED) is 0.771. The van der Waals surface area contributed by atoms with Crippen LogP contribution in [0.2, 0.25) is 0 Å². The number of thiazole rings is 1. The number of nitrogens with one attached hydrogen (secondary N) is 1. The summed E-state index contributed by atoms with van der Waals surface area (Å²) in [4.78, 5) is 8.66. The molecule has 0 amide bonds. The van der Waals surface area contributed by atoms with Gasteiger partial charge in [0.2, 0.25) is 0 Å². The monoisotopic (exact) mass is 335 g/mol. The molecule has 3 rings (SSSR count). The number of nitrogens with two attached hydrogens (primary N) is 1. The fourth-order valence-electron chi connectivity index (χ4n) is 1.68. The number of H-pyrrole nitrogens is 1. The summed E-state index contributed by atoms with van der Waals surface area (Å²) in [5, 5.41) is 9.64. The van der Waals surface area contributed by atoms with Gasteiger partial charge in [-0.3, -0.25) is 5.10 Å². The molecule has 0 saturated heterocycles. The third-order valence-electron chi connectivity index (χ3n) is 2.55. The van der Waals surface area contributed by atoms with E-state index in [2.05, 4.69) is 36.1 Å². The van der Waals surface area contributed by atoms with E-state index < -0.39 is 0 Å². The van der Waals surface area contributed by atoms with Gasteiger partial charge >= 0.3 is 0 Å². The predicted molar refractivity (Wildman–Crippen MR) is 78.9 cm³/mol. The van der Waals surface area contributed by atoms with Crippen LogP contribution in [0.3, 0.4) is 0 Å². The number of hydrogen-bond donors (Lipinski definition) is 2. The van der Waals surface area contributed by atoms with Crippen molar-refractivity contribution in [1.29, 1.82) is 0 Å². The van der Waals surface area contributed by atoms with Crippen molar-refractivity contribution in [3.63, 3.8) is 0 Å². The Morgan fingerprint density at radius 1 is 1.21 bits per heavy atom. The highest BCUT2D eigenvalue weighted by Gasteiger charge is 2.08. The second kappa shape index (κ2) is 5.10. The van der Waals surface area contributed by atoms with Crippen molar-refractivity contribution in [3.8, 4) is 11.4 Å². The molecule has 3 aromatic rings. The fourth-order valence-corrected chi connectivity index (χ4v) is 2.50. The van der Waals surface area contributed by atoms with Gasteiger partial charge < -0.3 is 5.73 Å². The summed E-state index contributed by atoms with van der Waals surface area (Å²) >= 11 is 4.83. The number of hydrogen-bond acceptors (Lipinski definition) is 5. The smallest absolute Gasteiger partial charge is 0.181 e. The van der Waals surface area contributed by atoms with E-state index in [1.165, 1.54) is 11.3 Å². The van der Waals surface area contributed by atoms with Gasteiger partial charge in [0.05, 0.1) is 12.1 Å². The van der Waals surface area contributed by atoms with Gasteiger partial charge in [-0.05, 0) is 12.1 Å². The molecule has 2 aromatic heterocycles. The minimum absolute atomic E-state index is 0.572. The predicted octanol–water partition coefficient (Wildman–Crippen LogP) is 2.86. The van der Waals surface area contributed by atoms with Crippen LogP contribution in [-0.4, -0.2) is 20.2 Å². The highest BCUT2D eigenvalue weighted by Crippen LogP contribution is 2.19. The summed E-state index contributed by atoms with van der Waals surface area (Å²) in [6.45, 7) is 0. The first kappa shape index (κ1) is 12.3. The van der Waals surface area contributed by atoms with Crippen molar-refractivity contribution in [3.05, 3.63) is 45.6 Å². The van der Waals surface area contributed by atoms with Crippen LogP contribution in [0.1, 0.15) is 11.5 Å². The Labute approximate surface area is 122 Å². The van der Waals surface area contributed by atoms with Crippen molar-refractivity contribution in [2.75, 3.05) is 5.73 Å². The van der Waals surface area contributed by atoms with Crippen LogP contribution in [0, 0.1) is 0 Å². The Morgan fingerprint density at radius 3 is 2.68 bits per heavy atom. The molecule has 0 spiro atoms. The molecule has 0 aliphatic heterocycles. The molecule has 2 heterocycles. The lowest BCUT2D eigenvalue weighted by Gasteiger charge is -1.94. The zero-order chi connectivity index (χ0) is 13.2. The summed E-state index contributed by atoms with van der Waals surface area (Å²) in [5.74, 6) is 1.47. The number of halogens is 1. The molecule has 0 unspecified atom stereocenters. The zero-order valence-corrected chi connectivity index (χ0v) is 12.2. The van der Waals surface area contributed by atoms with Crippen LogP contribution in [0.5, 0.6) is 0 Å². The molecule has 0 atom stereocenters. The minimum atomic E-state index is 0.572. The number of aromatic amines is 1. The first-order valence-electron chi connectivity index (χ1n) is 5.58. The normalized spacial score (nSPS) is 10.8. The van der Waals surface area contributed by atoms with Crippen molar-refractivity contribution in [2.24, 2.45) is 0 Å². The average Bonchev–Trinajstić information content (AvgIpc) is 3.00. The second-order valence-corrected chi connectivity index (χ2v) is 5.77. The maximum atomic E-state index is 5.60. The lowest BCUT2D eigenvalue weighted by molar-refractivity contribution is 0.952. The molecular weight excluding hydrogens is 326 g/mol. The molecule has 1 aromatic carbocycles. The standard InChI is InChI=1S/C12H10BrN5S/c13-8-3-1-7(2-4-8)11-16-10(17-18-11)5-9-6-19-12(14)15-9/h1-4,6H,5H2,(H2,14,15)(H,16,17,18). The second-order valence-electron chi connectivity index (χ2n) is 3.97. The Hall–Kier alpha value is -1.73. The van der Waals surface area contributed by atoms with E-state index in [0.29, 0.717) is 17.4 Å². The van der Waals surface area contributed by atoms with E-state index in [0.717, 1.165) is 21.6 Å². The van der Waals surface area contributed by atoms with E-state index in [9.17, 15) is 0 Å². The molecule has 0 aliphatic rings. The molecule has 0 aliphatic carbocycles. The molecule has 19 heavy (non-hydrogen) atoms. The third kappa shape index (κ3) is 2.82. The van der Waals surface area contributed by atoms with Crippen molar-refractivity contribution in [2.45, 2.75) is 6.42 Å². The molecular formula is C12H10BrN5S. The maximum absolute atomic E-state index is 5.60. The Kier molecular flexibility index (Phi) is 3.31. The summed E-state index contributed by atoms with van der Waals surface area (Å²) in [6.07, 6.45) is 0.608. The van der Waals surface area contributed by atoms with Gasteiger partial charge in [0.15, 0.2) is 11.0 Å². The minimum Gasteiger partial charge on any atom is -0.375 e. The van der Waals surface area contributed by atoms with Gasteiger partial charge in [0.25, 0.3) is 0 Å². The van der Waals surface area contributed by atoms with Gasteiger partial charge in [-0.25, -0.2) is 9.97 Å². The van der Waals surface area contributed by atoms with Gasteiger partial charge in [0, 0.05) is 15.4 Å². The van der Waals surface area contributed by atoms with E-state index in [1.807, 2.05) is 29.6 Å². The first-order chi connectivity index (χ1) is 9.20. The number of nitrogen functional groups attached to an aromatic ring is 1. The largest absolute Gasteiger partial charge is 0.375 e. The first-order valence-corrected chi connectivity index (χ1v) is 7.25. The number of rotatable bonds is 3. The van der Waals surface area contributed by atoms with Gasteiger partial charge in [0.1, 0.15) is 5.82 Å². The summed E-state index contributed by atoms with van der Waals surface area (Å²) in [7, 11) is 0. The van der Waals surface area contributed by atoms with Crippen LogP contribution in [-0.2, 0) is 6.42 Å². The van der Waals surface area contributed by atoms with Gasteiger partial charge in [-0.1, -0.05) is 28.1 Å². The summed E-state index contributed by atoms with van der Waals surface area (Å²) < 4.78 is 1.03. The Balaban J connectivity index is 1.81. The topological polar surface area (TPSA) is 80.5 Å². The van der Waals surface area contributed by atoms with E-state index in [1.54, 1.807) is 0 Å². The lowest BCUT2D eigenvalue weighted by Crippen LogP contribution is -1.92. The van der Waals surface area contributed by atoms with Gasteiger partial charge in [-0.2, -0.15) is 5.10 Å². The SMILES string of the molecule is Nc1nc(Cc2nc(-c3ccc(Br)cc3)n[nH]2)cs1. The van der Waals surface area contributed by atoms with Crippen molar-refractivity contribution < 1.29 is 0 Å². The van der Waals surface area contributed by atoms with Crippen LogP contribution in [0.15, 0.2) is 34.1 Å². The number of benzene rings is 1. The Morgan fingerprint density at radius 2 is 2.00 bits per heavy atom. The average molecular weight is 336 g/mol. The maximum Gasteiger partial charge on any atom is 0.181 e. The molecule has 0 bridgehead atoms. The van der Waals surface area contributed by atoms with Crippen molar-refractivity contribution in [1.82, 2.24) is 20.2 Å². The number of nitrogens with zero attached hydrogens (tertiary/aromatic N) is 3. The van der Waals surface area contributed by atoms with Crippen LogP contribution < -0.4 is 5.73 Å². The number of aromatic nitrogens is 4. The van der Waals surface area contributed by atoms with E-state index >= 15 is 0 Å².